The van der Waals surface area contributed by atoms with Crippen LogP contribution in [0.15, 0.2) is 78.9 Å². The molecule has 0 bridgehead atoms. The fourth-order valence-corrected chi connectivity index (χ4v) is 3.61. The number of ether oxygens (including phenoxy) is 2. The predicted octanol–water partition coefficient (Wildman–Crippen LogP) is 5.96. The van der Waals surface area contributed by atoms with Gasteiger partial charge in [-0.05, 0) is 50.2 Å². The maximum Gasteiger partial charge on any atom is 0.311 e. The lowest BCUT2D eigenvalue weighted by atomic mass is 10.1. The minimum atomic E-state index is -0.471. The zero-order valence-electron chi connectivity index (χ0n) is 18.8. The van der Waals surface area contributed by atoms with E-state index in [4.69, 9.17) is 21.1 Å². The molecule has 0 fully saturated rings. The number of ketones is 1. The molecule has 0 radical (unpaired) electrons. The van der Waals surface area contributed by atoms with Gasteiger partial charge < -0.3 is 9.47 Å². The number of benzene rings is 3. The highest BCUT2D eigenvalue weighted by atomic mass is 35.5. The van der Waals surface area contributed by atoms with Crippen LogP contribution in [0.3, 0.4) is 0 Å². The summed E-state index contributed by atoms with van der Waals surface area (Å²) >= 11 is 6.10. The number of aromatic nitrogens is 2. The van der Waals surface area contributed by atoms with Crippen LogP contribution in [-0.4, -0.2) is 27.9 Å². The summed E-state index contributed by atoms with van der Waals surface area (Å²) in [6, 6.07) is 23.4. The molecule has 0 saturated carbocycles. The van der Waals surface area contributed by atoms with E-state index in [2.05, 4.69) is 4.98 Å². The Morgan fingerprint density at radius 1 is 0.941 bits per heavy atom. The first-order chi connectivity index (χ1) is 16.5. The summed E-state index contributed by atoms with van der Waals surface area (Å²) in [5.74, 6) is -0.241. The lowest BCUT2D eigenvalue weighted by molar-refractivity contribution is -0.142. The van der Waals surface area contributed by atoms with Gasteiger partial charge in [-0.1, -0.05) is 59.6 Å². The Labute approximate surface area is 202 Å². The second-order valence-electron chi connectivity index (χ2n) is 7.59. The minimum Gasteiger partial charge on any atom is -0.466 e. The number of aryl methyl sites for hydroxylation is 1. The summed E-state index contributed by atoms with van der Waals surface area (Å²) in [5, 5.41) is 0.553. The van der Waals surface area contributed by atoms with Gasteiger partial charge in [0.15, 0.2) is 0 Å². The van der Waals surface area contributed by atoms with Crippen LogP contribution in [-0.2, 0) is 16.0 Å². The second kappa shape index (κ2) is 10.4. The molecule has 0 saturated heterocycles. The zero-order chi connectivity index (χ0) is 24.1. The lowest BCUT2D eigenvalue weighted by Crippen LogP contribution is -2.15. The molecule has 0 amide bonds. The number of rotatable bonds is 8. The van der Waals surface area contributed by atoms with Crippen LogP contribution < -0.4 is 4.74 Å². The fourth-order valence-electron chi connectivity index (χ4n) is 3.49. The summed E-state index contributed by atoms with van der Waals surface area (Å²) in [7, 11) is 0. The molecule has 4 rings (SSSR count). The monoisotopic (exact) mass is 474 g/mol. The Balaban J connectivity index is 1.90. The average molecular weight is 475 g/mol. The quantitative estimate of drug-likeness (QED) is 0.232. The molecule has 1 aromatic heterocycles. The maximum absolute atomic E-state index is 13.4. The molecular weight excluding hydrogens is 452 g/mol. The molecule has 0 aliphatic heterocycles. The molecule has 6 nitrogen and oxygen atoms in total. The first-order valence-corrected chi connectivity index (χ1v) is 11.2. The van der Waals surface area contributed by atoms with Gasteiger partial charge in [-0.2, -0.15) is 4.98 Å². The number of hydrogen-bond acceptors (Lipinski definition) is 5. The predicted molar refractivity (Wildman–Crippen MR) is 130 cm³/mol. The zero-order valence-corrected chi connectivity index (χ0v) is 19.6. The number of hydrogen-bond donors (Lipinski definition) is 0. The topological polar surface area (TPSA) is 70.4 Å². The number of halogens is 1. The van der Waals surface area contributed by atoms with Gasteiger partial charge in [-0.25, -0.2) is 0 Å². The molecule has 0 spiro atoms. The Kier molecular flexibility index (Phi) is 7.09. The van der Waals surface area contributed by atoms with Crippen molar-refractivity contribution in [2.24, 2.45) is 0 Å². The molecule has 0 N–H and O–H groups in total. The van der Waals surface area contributed by atoms with Crippen LogP contribution in [0, 0.1) is 6.92 Å². The van der Waals surface area contributed by atoms with E-state index in [0.29, 0.717) is 27.7 Å². The van der Waals surface area contributed by atoms with Crippen molar-refractivity contribution in [1.82, 2.24) is 9.55 Å². The van der Waals surface area contributed by atoms with Gasteiger partial charge in [0.2, 0.25) is 5.78 Å². The number of nitrogens with zero attached hydrogens (tertiary/aromatic N) is 2. The molecule has 0 aliphatic carbocycles. The molecule has 7 heteroatoms. The van der Waals surface area contributed by atoms with Gasteiger partial charge in [-0.3, -0.25) is 14.2 Å². The third kappa shape index (κ3) is 5.18. The van der Waals surface area contributed by atoms with Crippen LogP contribution in [0.5, 0.6) is 11.8 Å². The first kappa shape index (κ1) is 23.3. The van der Waals surface area contributed by atoms with Crippen LogP contribution in [0.25, 0.3) is 5.69 Å². The number of esters is 1. The smallest absolute Gasteiger partial charge is 0.311 e. The fraction of sp³-hybridized carbons (Fsp3) is 0.148. The molecular formula is C27H23ClN2O4. The van der Waals surface area contributed by atoms with E-state index < -0.39 is 5.97 Å². The summed E-state index contributed by atoms with van der Waals surface area (Å²) in [4.78, 5) is 30.5. The Morgan fingerprint density at radius 2 is 1.62 bits per heavy atom. The van der Waals surface area contributed by atoms with Crippen molar-refractivity contribution in [3.05, 3.63) is 106 Å². The second-order valence-corrected chi connectivity index (χ2v) is 8.03. The van der Waals surface area contributed by atoms with Crippen molar-refractivity contribution < 1.29 is 19.1 Å². The molecule has 34 heavy (non-hydrogen) atoms. The maximum atomic E-state index is 13.4. The molecule has 3 aromatic carbocycles. The normalized spacial score (nSPS) is 10.7. The average Bonchev–Trinajstić information content (AvgIpc) is 3.18. The molecule has 0 atom stereocenters. The first-order valence-electron chi connectivity index (χ1n) is 10.8. The molecule has 0 aliphatic rings. The van der Waals surface area contributed by atoms with E-state index in [1.165, 1.54) is 0 Å². The van der Waals surface area contributed by atoms with Gasteiger partial charge in [0.1, 0.15) is 11.4 Å². The van der Waals surface area contributed by atoms with Gasteiger partial charge in [0.05, 0.1) is 24.4 Å². The summed E-state index contributed by atoms with van der Waals surface area (Å²) in [5.41, 5.74) is 2.67. The number of carbonyl (C=O) groups excluding carboxylic acids is 2. The molecule has 0 unspecified atom stereocenters. The van der Waals surface area contributed by atoms with E-state index in [0.717, 1.165) is 5.56 Å². The molecule has 1 heterocycles. The van der Waals surface area contributed by atoms with Crippen molar-refractivity contribution in [2.75, 3.05) is 6.61 Å². The van der Waals surface area contributed by atoms with E-state index in [-0.39, 0.29) is 30.5 Å². The standard InChI is InChI=1S/C27H23ClN2O4/c1-3-33-24(31)17-23-25(26(32)19-7-5-4-6-8-19)29-27(34-22-15-9-18(2)10-16-22)30(23)21-13-11-20(28)12-14-21/h4-16H,3,17H2,1-2H3. The van der Waals surface area contributed by atoms with Crippen LogP contribution in [0.1, 0.15) is 34.2 Å². The third-order valence-electron chi connectivity index (χ3n) is 5.13. The Morgan fingerprint density at radius 3 is 2.26 bits per heavy atom. The van der Waals surface area contributed by atoms with Gasteiger partial charge in [-0.15, -0.1) is 0 Å². The van der Waals surface area contributed by atoms with Crippen LogP contribution in [0.2, 0.25) is 5.02 Å². The van der Waals surface area contributed by atoms with Crippen molar-refractivity contribution in [2.45, 2.75) is 20.3 Å². The third-order valence-corrected chi connectivity index (χ3v) is 5.38. The SMILES string of the molecule is CCOC(=O)Cc1c(C(=O)c2ccccc2)nc(Oc2ccc(C)cc2)n1-c1ccc(Cl)cc1. The van der Waals surface area contributed by atoms with Gasteiger partial charge in [0.25, 0.3) is 0 Å². The lowest BCUT2D eigenvalue weighted by Gasteiger charge is -2.13. The largest absolute Gasteiger partial charge is 0.466 e. The minimum absolute atomic E-state index is 0.122. The van der Waals surface area contributed by atoms with Crippen LogP contribution >= 0.6 is 11.6 Å². The van der Waals surface area contributed by atoms with Crippen LogP contribution in [0.4, 0.5) is 0 Å². The van der Waals surface area contributed by atoms with Crippen molar-refractivity contribution in [1.29, 1.82) is 0 Å². The highest BCUT2D eigenvalue weighted by Gasteiger charge is 2.27. The van der Waals surface area contributed by atoms with Crippen molar-refractivity contribution in [3.63, 3.8) is 0 Å². The van der Waals surface area contributed by atoms with Crippen molar-refractivity contribution in [3.8, 4) is 17.4 Å². The van der Waals surface area contributed by atoms with Gasteiger partial charge >= 0.3 is 12.0 Å². The number of imidazole rings is 1. The highest BCUT2D eigenvalue weighted by Crippen LogP contribution is 2.30. The molecule has 4 aromatic rings. The highest BCUT2D eigenvalue weighted by molar-refractivity contribution is 6.30. The Bertz CT molecular complexity index is 1300. The van der Waals surface area contributed by atoms with E-state index in [9.17, 15) is 9.59 Å². The number of carbonyl (C=O) groups is 2. The summed E-state index contributed by atoms with van der Waals surface area (Å²) < 4.78 is 13.0. The summed E-state index contributed by atoms with van der Waals surface area (Å²) in [6.07, 6.45) is -0.158. The summed E-state index contributed by atoms with van der Waals surface area (Å²) in [6.45, 7) is 3.94. The molecule has 172 valence electrons. The van der Waals surface area contributed by atoms with Crippen molar-refractivity contribution >= 4 is 23.4 Å². The van der Waals surface area contributed by atoms with Gasteiger partial charge in [0, 0.05) is 10.6 Å². The Hall–Kier alpha value is -3.90. The van der Waals surface area contributed by atoms with E-state index in [1.54, 1.807) is 60.0 Å². The van der Waals surface area contributed by atoms with E-state index in [1.807, 2.05) is 37.3 Å². The van der Waals surface area contributed by atoms with E-state index >= 15 is 0 Å².